The normalized spacial score (nSPS) is 10.9. The number of halogens is 1. The summed E-state index contributed by atoms with van der Waals surface area (Å²) in [7, 11) is 0. The zero-order valence-corrected chi connectivity index (χ0v) is 14.5. The zero-order valence-electron chi connectivity index (χ0n) is 14.5. The van der Waals surface area contributed by atoms with Gasteiger partial charge in [-0.3, -0.25) is 14.6 Å². The van der Waals surface area contributed by atoms with Gasteiger partial charge in [0.2, 0.25) is 5.43 Å². The lowest BCUT2D eigenvalue weighted by Gasteiger charge is -2.12. The average Bonchev–Trinajstić information content (AvgIpc) is 3.02. The van der Waals surface area contributed by atoms with E-state index in [1.165, 1.54) is 47.1 Å². The van der Waals surface area contributed by atoms with Crippen LogP contribution in [0.5, 0.6) is 0 Å². The largest absolute Gasteiger partial charge is 0.417 e. The van der Waals surface area contributed by atoms with Crippen molar-refractivity contribution < 1.29 is 13.6 Å². The molecule has 2 aromatic heterocycles. The zero-order chi connectivity index (χ0) is 19.8. The van der Waals surface area contributed by atoms with Crippen molar-refractivity contribution in [2.45, 2.75) is 6.92 Å². The van der Waals surface area contributed by atoms with Gasteiger partial charge in [-0.05, 0) is 37.3 Å². The lowest BCUT2D eigenvalue weighted by molar-refractivity contribution is 0.101. The fraction of sp³-hybridized carbons (Fsp3) is 0.0526. The summed E-state index contributed by atoms with van der Waals surface area (Å²) in [5.74, 6) is -1.92. The number of aromatic amines is 1. The standard InChI is InChI=1S/C19H13FN4O4/c1-10-8-15(25)17(23-24(10)14-5-3-2-4-12(14)20)18(26)21-11-6-7-16-13(9-11)22-19(27)28-16/h2-9H,1H3,(H,21,26)(H,22,27). The van der Waals surface area contributed by atoms with Gasteiger partial charge in [0.15, 0.2) is 11.3 Å². The lowest BCUT2D eigenvalue weighted by atomic mass is 10.2. The molecule has 2 aromatic carbocycles. The van der Waals surface area contributed by atoms with Crippen LogP contribution in [0.3, 0.4) is 0 Å². The van der Waals surface area contributed by atoms with Crippen molar-refractivity contribution in [1.29, 1.82) is 0 Å². The predicted molar refractivity (Wildman–Crippen MR) is 99.3 cm³/mol. The Kier molecular flexibility index (Phi) is 4.11. The molecule has 4 rings (SSSR count). The first-order chi connectivity index (χ1) is 13.4. The first-order valence-corrected chi connectivity index (χ1v) is 8.22. The van der Waals surface area contributed by atoms with Crippen molar-refractivity contribution in [3.63, 3.8) is 0 Å². The summed E-state index contributed by atoms with van der Waals surface area (Å²) in [4.78, 5) is 38.5. The fourth-order valence-electron chi connectivity index (χ4n) is 2.79. The van der Waals surface area contributed by atoms with E-state index < -0.39 is 28.6 Å². The molecule has 0 aliphatic heterocycles. The van der Waals surface area contributed by atoms with E-state index in [0.717, 1.165) is 0 Å². The molecule has 4 aromatic rings. The van der Waals surface area contributed by atoms with Crippen molar-refractivity contribution in [2.24, 2.45) is 0 Å². The Labute approximate surface area is 156 Å². The molecule has 2 N–H and O–H groups in total. The van der Waals surface area contributed by atoms with Gasteiger partial charge in [0.1, 0.15) is 11.5 Å². The molecule has 0 radical (unpaired) electrons. The number of nitrogens with one attached hydrogen (secondary N) is 2. The Bertz CT molecular complexity index is 1340. The third kappa shape index (κ3) is 3.09. The Morgan fingerprint density at radius 3 is 2.75 bits per heavy atom. The van der Waals surface area contributed by atoms with E-state index >= 15 is 0 Å². The van der Waals surface area contributed by atoms with Crippen molar-refractivity contribution in [1.82, 2.24) is 14.8 Å². The molecule has 0 saturated heterocycles. The first kappa shape index (κ1) is 17.4. The highest BCUT2D eigenvalue weighted by molar-refractivity contribution is 6.03. The molecule has 0 fully saturated rings. The molecule has 0 aliphatic carbocycles. The molecule has 0 saturated carbocycles. The number of rotatable bonds is 3. The van der Waals surface area contributed by atoms with E-state index in [9.17, 15) is 18.8 Å². The molecule has 8 nitrogen and oxygen atoms in total. The van der Waals surface area contributed by atoms with E-state index in [2.05, 4.69) is 15.4 Å². The summed E-state index contributed by atoms with van der Waals surface area (Å²) < 4.78 is 20.2. The van der Waals surface area contributed by atoms with Gasteiger partial charge in [0.25, 0.3) is 5.91 Å². The number of carbonyl (C=O) groups is 1. The Hall–Kier alpha value is -4.01. The van der Waals surface area contributed by atoms with Crippen LogP contribution < -0.4 is 16.5 Å². The number of hydrogen-bond donors (Lipinski definition) is 2. The number of amides is 1. The molecule has 1 amide bonds. The third-order valence-corrected chi connectivity index (χ3v) is 4.08. The van der Waals surface area contributed by atoms with Crippen LogP contribution in [0.25, 0.3) is 16.8 Å². The van der Waals surface area contributed by atoms with Crippen molar-refractivity contribution >= 4 is 22.7 Å². The molecule has 140 valence electrons. The first-order valence-electron chi connectivity index (χ1n) is 8.22. The summed E-state index contributed by atoms with van der Waals surface area (Å²) in [6.45, 7) is 1.59. The van der Waals surface area contributed by atoms with Gasteiger partial charge in [0.05, 0.1) is 5.52 Å². The van der Waals surface area contributed by atoms with Crippen molar-refractivity contribution in [3.05, 3.63) is 86.5 Å². The van der Waals surface area contributed by atoms with Gasteiger partial charge in [-0.1, -0.05) is 12.1 Å². The van der Waals surface area contributed by atoms with Gasteiger partial charge in [-0.2, -0.15) is 5.10 Å². The SMILES string of the molecule is Cc1cc(=O)c(C(=O)Nc2ccc3oc(=O)[nH]c3c2)nn1-c1ccccc1F. The number of anilines is 1. The van der Waals surface area contributed by atoms with Gasteiger partial charge in [-0.25, -0.2) is 13.9 Å². The molecule has 28 heavy (non-hydrogen) atoms. The number of aromatic nitrogens is 3. The molecule has 2 heterocycles. The second-order valence-electron chi connectivity index (χ2n) is 6.04. The summed E-state index contributed by atoms with van der Waals surface area (Å²) in [5.41, 5.74) is 0.557. The maximum atomic E-state index is 14.1. The third-order valence-electron chi connectivity index (χ3n) is 4.08. The minimum atomic E-state index is -0.764. The molecule has 0 bridgehead atoms. The quantitative estimate of drug-likeness (QED) is 0.567. The summed E-state index contributed by atoms with van der Waals surface area (Å²) in [6, 6.07) is 11.6. The van der Waals surface area contributed by atoms with Crippen LogP contribution in [0.1, 0.15) is 16.2 Å². The van der Waals surface area contributed by atoms with Gasteiger partial charge < -0.3 is 9.73 Å². The number of nitrogens with zero attached hydrogens (tertiary/aromatic N) is 2. The molecule has 0 spiro atoms. The van der Waals surface area contributed by atoms with Gasteiger partial charge >= 0.3 is 5.76 Å². The molecular weight excluding hydrogens is 367 g/mol. The minimum absolute atomic E-state index is 0.117. The monoisotopic (exact) mass is 380 g/mol. The second kappa shape index (κ2) is 6.62. The molecular formula is C19H13FN4O4. The lowest BCUT2D eigenvalue weighted by Crippen LogP contribution is -2.27. The molecule has 0 atom stereocenters. The number of carbonyl (C=O) groups excluding carboxylic acids is 1. The van der Waals surface area contributed by atoms with E-state index in [-0.39, 0.29) is 5.69 Å². The van der Waals surface area contributed by atoms with Crippen LogP contribution in [0.2, 0.25) is 0 Å². The van der Waals surface area contributed by atoms with Crippen LogP contribution >= 0.6 is 0 Å². The van der Waals surface area contributed by atoms with Crippen molar-refractivity contribution in [3.8, 4) is 5.69 Å². The summed E-state index contributed by atoms with van der Waals surface area (Å²) >= 11 is 0. The number of benzene rings is 2. The Morgan fingerprint density at radius 2 is 1.96 bits per heavy atom. The smallest absolute Gasteiger partial charge is 0.408 e. The maximum Gasteiger partial charge on any atom is 0.417 e. The van der Waals surface area contributed by atoms with Gasteiger partial charge in [0, 0.05) is 17.4 Å². The van der Waals surface area contributed by atoms with E-state index in [1.807, 2.05) is 0 Å². The van der Waals surface area contributed by atoms with Crippen LogP contribution in [-0.2, 0) is 0 Å². The van der Waals surface area contributed by atoms with Crippen molar-refractivity contribution in [2.75, 3.05) is 5.32 Å². The Morgan fingerprint density at radius 1 is 1.18 bits per heavy atom. The van der Waals surface area contributed by atoms with E-state index in [4.69, 9.17) is 4.42 Å². The molecule has 0 unspecified atom stereocenters. The number of aryl methyl sites for hydroxylation is 1. The topological polar surface area (TPSA) is 110 Å². The van der Waals surface area contributed by atoms with E-state index in [1.54, 1.807) is 13.0 Å². The van der Waals surface area contributed by atoms with E-state index in [0.29, 0.717) is 22.5 Å². The second-order valence-corrected chi connectivity index (χ2v) is 6.04. The number of para-hydroxylation sites is 1. The fourth-order valence-corrected chi connectivity index (χ4v) is 2.79. The number of fused-ring (bicyclic) bond motifs is 1. The van der Waals surface area contributed by atoms with Crippen LogP contribution in [0.4, 0.5) is 10.1 Å². The number of oxazole rings is 1. The predicted octanol–water partition coefficient (Wildman–Crippen LogP) is 2.37. The Balaban J connectivity index is 1.72. The highest BCUT2D eigenvalue weighted by atomic mass is 19.1. The van der Waals surface area contributed by atoms with Crippen LogP contribution in [0, 0.1) is 12.7 Å². The summed E-state index contributed by atoms with van der Waals surface area (Å²) in [6.07, 6.45) is 0. The number of hydrogen-bond acceptors (Lipinski definition) is 5. The highest BCUT2D eigenvalue weighted by Crippen LogP contribution is 2.17. The summed E-state index contributed by atoms with van der Waals surface area (Å²) in [5, 5.41) is 6.58. The average molecular weight is 380 g/mol. The number of H-pyrrole nitrogens is 1. The van der Waals surface area contributed by atoms with Gasteiger partial charge in [-0.15, -0.1) is 0 Å². The maximum absolute atomic E-state index is 14.1. The molecule has 0 aliphatic rings. The van der Waals surface area contributed by atoms with Crippen LogP contribution in [0.15, 0.2) is 62.5 Å². The minimum Gasteiger partial charge on any atom is -0.408 e. The molecule has 9 heteroatoms. The van der Waals surface area contributed by atoms with Crippen LogP contribution in [-0.4, -0.2) is 20.7 Å². The highest BCUT2D eigenvalue weighted by Gasteiger charge is 2.17.